The molecule has 0 saturated heterocycles. The molecule has 2 unspecified atom stereocenters. The van der Waals surface area contributed by atoms with E-state index in [1.807, 2.05) is 0 Å². The largest absolute Gasteiger partial charge is 0.403 e. The van der Waals surface area contributed by atoms with E-state index < -0.39 is 35.2 Å². The van der Waals surface area contributed by atoms with Crippen LogP contribution in [0.15, 0.2) is 15.7 Å². The number of aromatic nitrogens is 2. The third-order valence-electron chi connectivity index (χ3n) is 6.76. The zero-order valence-corrected chi connectivity index (χ0v) is 18.5. The zero-order valence-electron chi connectivity index (χ0n) is 17.7. The second kappa shape index (κ2) is 7.42. The van der Waals surface area contributed by atoms with Gasteiger partial charge in [0.25, 0.3) is 5.56 Å². The van der Waals surface area contributed by atoms with Crippen molar-refractivity contribution in [3.8, 4) is 10.4 Å². The molecule has 176 valence electrons. The Kier molecular flexibility index (Phi) is 4.98. The summed E-state index contributed by atoms with van der Waals surface area (Å²) in [7, 11) is 0. The first-order chi connectivity index (χ1) is 15.5. The van der Waals surface area contributed by atoms with Gasteiger partial charge in [-0.2, -0.15) is 13.2 Å². The van der Waals surface area contributed by atoms with Gasteiger partial charge in [-0.25, -0.2) is 9.18 Å². The Morgan fingerprint density at radius 3 is 2.58 bits per heavy atom. The maximum atomic E-state index is 15.5. The molecule has 0 aliphatic heterocycles. The van der Waals surface area contributed by atoms with Crippen LogP contribution >= 0.6 is 11.3 Å². The van der Waals surface area contributed by atoms with Gasteiger partial charge in [0.05, 0.1) is 16.6 Å². The number of hydrogen-bond donors (Lipinski definition) is 3. The van der Waals surface area contributed by atoms with E-state index >= 15 is 4.39 Å². The summed E-state index contributed by atoms with van der Waals surface area (Å²) >= 11 is 1.30. The molecule has 1 fully saturated rings. The Bertz CT molecular complexity index is 1400. The monoisotopic (exact) mass is 482 g/mol. The minimum atomic E-state index is -4.48. The number of aromatic amines is 1. The van der Waals surface area contributed by atoms with E-state index in [-0.39, 0.29) is 29.1 Å². The van der Waals surface area contributed by atoms with Crippen LogP contribution < -0.4 is 22.7 Å². The van der Waals surface area contributed by atoms with Gasteiger partial charge >= 0.3 is 11.9 Å². The van der Waals surface area contributed by atoms with E-state index in [4.69, 9.17) is 11.5 Å². The number of nitrogens with two attached hydrogens (primary N) is 2. The summed E-state index contributed by atoms with van der Waals surface area (Å²) in [4.78, 5) is 28.7. The molecule has 6 nitrogen and oxygen atoms in total. The predicted octanol–water partition coefficient (Wildman–Crippen LogP) is 3.78. The van der Waals surface area contributed by atoms with Crippen LogP contribution in [-0.4, -0.2) is 21.8 Å². The molecular weight excluding hydrogens is 460 g/mol. The van der Waals surface area contributed by atoms with Crippen LogP contribution in [0.5, 0.6) is 0 Å². The highest BCUT2D eigenvalue weighted by Gasteiger charge is 2.43. The molecule has 1 aromatic carbocycles. The van der Waals surface area contributed by atoms with Crippen LogP contribution in [-0.2, 0) is 12.8 Å². The van der Waals surface area contributed by atoms with Gasteiger partial charge in [-0.05, 0) is 62.1 Å². The number of hydrogen-bond acceptors (Lipinski definition) is 5. The molecule has 5 rings (SSSR count). The molecule has 3 aromatic rings. The highest BCUT2D eigenvalue weighted by atomic mass is 32.1. The molecule has 11 heteroatoms. The molecule has 2 heterocycles. The molecule has 0 radical (unpaired) electrons. The van der Waals surface area contributed by atoms with Gasteiger partial charge < -0.3 is 11.5 Å². The van der Waals surface area contributed by atoms with Crippen LogP contribution in [0, 0.1) is 18.7 Å². The maximum absolute atomic E-state index is 15.5. The summed E-state index contributed by atoms with van der Waals surface area (Å²) in [6.45, 7) is 1.64. The van der Waals surface area contributed by atoms with Gasteiger partial charge in [-0.3, -0.25) is 14.3 Å². The fraction of sp³-hybridized carbons (Fsp3) is 0.455. The lowest BCUT2D eigenvalue weighted by molar-refractivity contribution is -0.159. The van der Waals surface area contributed by atoms with Crippen molar-refractivity contribution in [3.05, 3.63) is 48.7 Å². The molecule has 1 saturated carbocycles. The standard InChI is InChI=1S/C22H22F4N4O2S/c1-8-14(13-7-10-6-9(2-5-12(10)33-13)19(28)22(24,25)26)16(23)17(27)15-18(8)30(11-3-4-11)21(32)29-20(15)31/h7,9,11,19H,2-6,27-28H2,1H3,(H,29,31,32). The van der Waals surface area contributed by atoms with Crippen LogP contribution in [0.1, 0.15) is 41.3 Å². The second-order valence-corrected chi connectivity index (χ2v) is 10.1. The van der Waals surface area contributed by atoms with E-state index in [9.17, 15) is 22.8 Å². The summed E-state index contributed by atoms with van der Waals surface area (Å²) in [5.74, 6) is -1.51. The number of alkyl halides is 3. The summed E-state index contributed by atoms with van der Waals surface area (Å²) < 4.78 is 56.3. The fourth-order valence-electron chi connectivity index (χ4n) is 4.92. The smallest absolute Gasteiger partial charge is 0.396 e. The first-order valence-corrected chi connectivity index (χ1v) is 11.5. The number of nitrogens with zero attached hydrogens (tertiary/aromatic N) is 1. The lowest BCUT2D eigenvalue weighted by Gasteiger charge is -2.28. The SMILES string of the molecule is Cc1c(-c2cc3c(s2)CCC(C(N)C(F)(F)F)C3)c(F)c(N)c2c(=O)[nH]c(=O)n(C3CC3)c12. The molecule has 2 aromatic heterocycles. The summed E-state index contributed by atoms with van der Waals surface area (Å²) in [5.41, 5.74) is 11.5. The molecule has 2 aliphatic rings. The minimum Gasteiger partial charge on any atom is -0.396 e. The highest BCUT2D eigenvalue weighted by Crippen LogP contribution is 2.45. The predicted molar refractivity (Wildman–Crippen MR) is 119 cm³/mol. The molecule has 33 heavy (non-hydrogen) atoms. The van der Waals surface area contributed by atoms with Crippen LogP contribution in [0.25, 0.3) is 21.3 Å². The number of rotatable bonds is 3. The van der Waals surface area contributed by atoms with Crippen LogP contribution in [0.4, 0.5) is 23.2 Å². The van der Waals surface area contributed by atoms with Crippen molar-refractivity contribution in [1.82, 2.24) is 9.55 Å². The van der Waals surface area contributed by atoms with Gasteiger partial charge in [-0.1, -0.05) is 0 Å². The van der Waals surface area contributed by atoms with E-state index in [0.717, 1.165) is 17.7 Å². The zero-order chi connectivity index (χ0) is 23.8. The lowest BCUT2D eigenvalue weighted by Crippen LogP contribution is -2.45. The highest BCUT2D eigenvalue weighted by molar-refractivity contribution is 7.15. The molecule has 0 spiro atoms. The molecule has 2 atom stereocenters. The van der Waals surface area contributed by atoms with Crippen molar-refractivity contribution in [2.75, 3.05) is 5.73 Å². The quantitative estimate of drug-likeness (QED) is 0.390. The Morgan fingerprint density at radius 1 is 1.24 bits per heavy atom. The molecule has 0 amide bonds. The number of thiophene rings is 1. The van der Waals surface area contributed by atoms with E-state index in [1.165, 1.54) is 15.9 Å². The number of halogens is 4. The maximum Gasteiger partial charge on any atom is 0.403 e. The van der Waals surface area contributed by atoms with Gasteiger partial charge in [0, 0.05) is 21.4 Å². The van der Waals surface area contributed by atoms with Crippen molar-refractivity contribution >= 4 is 27.9 Å². The lowest BCUT2D eigenvalue weighted by atomic mass is 9.83. The van der Waals surface area contributed by atoms with Crippen molar-refractivity contribution in [1.29, 1.82) is 0 Å². The van der Waals surface area contributed by atoms with Crippen LogP contribution in [0.2, 0.25) is 0 Å². The van der Waals surface area contributed by atoms with E-state index in [0.29, 0.717) is 34.4 Å². The number of H-pyrrole nitrogens is 1. The van der Waals surface area contributed by atoms with Crippen molar-refractivity contribution in [3.63, 3.8) is 0 Å². The fourth-order valence-corrected chi connectivity index (χ4v) is 6.22. The minimum absolute atomic E-state index is 0.0576. The van der Waals surface area contributed by atoms with E-state index in [1.54, 1.807) is 13.0 Å². The van der Waals surface area contributed by atoms with Crippen LogP contribution in [0.3, 0.4) is 0 Å². The topological polar surface area (TPSA) is 107 Å². The first kappa shape index (κ1) is 22.1. The Balaban J connectivity index is 1.67. The molecule has 5 N–H and O–H groups in total. The Hall–Kier alpha value is -2.66. The summed E-state index contributed by atoms with van der Waals surface area (Å²) in [5, 5.41) is -0.0576. The summed E-state index contributed by atoms with van der Waals surface area (Å²) in [6, 6.07) is -0.309. The summed E-state index contributed by atoms with van der Waals surface area (Å²) in [6.07, 6.45) is -2.07. The van der Waals surface area contributed by atoms with Gasteiger partial charge in [0.15, 0.2) is 5.82 Å². The Labute approximate surface area is 189 Å². The molecule has 0 bridgehead atoms. The number of benzene rings is 1. The normalized spacial score (nSPS) is 19.6. The van der Waals surface area contributed by atoms with Crippen molar-refractivity contribution in [2.24, 2.45) is 11.7 Å². The third-order valence-corrected chi connectivity index (χ3v) is 8.02. The van der Waals surface area contributed by atoms with Gasteiger partial charge in [0.2, 0.25) is 0 Å². The number of aryl methyl sites for hydroxylation is 2. The van der Waals surface area contributed by atoms with E-state index in [2.05, 4.69) is 4.98 Å². The molecular formula is C22H22F4N4O2S. The first-order valence-electron chi connectivity index (χ1n) is 10.7. The van der Waals surface area contributed by atoms with Gasteiger partial charge in [-0.15, -0.1) is 11.3 Å². The Morgan fingerprint density at radius 2 is 1.94 bits per heavy atom. The molecule has 2 aliphatic carbocycles. The van der Waals surface area contributed by atoms with Crippen molar-refractivity contribution in [2.45, 2.75) is 57.3 Å². The average molecular weight is 483 g/mol. The number of fused-ring (bicyclic) bond motifs is 2. The number of anilines is 1. The number of nitrogen functional groups attached to an aromatic ring is 1. The third kappa shape index (κ3) is 3.48. The van der Waals surface area contributed by atoms with Crippen molar-refractivity contribution < 1.29 is 17.6 Å². The van der Waals surface area contributed by atoms with Gasteiger partial charge in [0.1, 0.15) is 6.04 Å². The average Bonchev–Trinajstić information content (AvgIpc) is 3.48. The second-order valence-electron chi connectivity index (χ2n) is 8.94. The number of nitrogens with one attached hydrogen (secondary N) is 1.